The Labute approximate surface area is 199 Å². The first-order valence-corrected chi connectivity index (χ1v) is 11.3. The van der Waals surface area contributed by atoms with Gasteiger partial charge in [0.15, 0.2) is 0 Å². The number of benzene rings is 3. The average molecular weight is 458 g/mol. The minimum Gasteiger partial charge on any atom is -0.439 e. The van der Waals surface area contributed by atoms with Crippen LogP contribution in [0.4, 0.5) is 4.39 Å². The van der Waals surface area contributed by atoms with Gasteiger partial charge in [-0.25, -0.2) is 9.07 Å². The lowest BCUT2D eigenvalue weighted by Crippen LogP contribution is -2.36. The fourth-order valence-electron chi connectivity index (χ4n) is 3.86. The molecule has 34 heavy (non-hydrogen) atoms. The van der Waals surface area contributed by atoms with E-state index in [2.05, 4.69) is 0 Å². The molecule has 1 amide bonds. The Morgan fingerprint density at radius 3 is 2.38 bits per heavy atom. The minimum atomic E-state index is -0.375. The summed E-state index contributed by atoms with van der Waals surface area (Å²) in [5, 5.41) is 4.76. The monoisotopic (exact) mass is 457 g/mol. The zero-order valence-corrected chi connectivity index (χ0v) is 19.8. The summed E-state index contributed by atoms with van der Waals surface area (Å²) in [5.41, 5.74) is 4.01. The van der Waals surface area contributed by atoms with Crippen LogP contribution in [0.3, 0.4) is 0 Å². The predicted octanol–water partition coefficient (Wildman–Crippen LogP) is 6.38. The van der Waals surface area contributed by atoms with Crippen LogP contribution in [-0.2, 0) is 13.6 Å². The Morgan fingerprint density at radius 1 is 1.03 bits per heavy atom. The molecule has 0 spiro atoms. The Hall–Kier alpha value is -3.93. The highest BCUT2D eigenvalue weighted by Crippen LogP contribution is 2.35. The van der Waals surface area contributed by atoms with E-state index in [1.165, 1.54) is 24.3 Å². The van der Waals surface area contributed by atoms with E-state index in [1.807, 2.05) is 82.4 Å². The second-order valence-corrected chi connectivity index (χ2v) is 8.57. The molecule has 174 valence electrons. The molecule has 0 radical (unpaired) electrons. The molecule has 0 bridgehead atoms. The predicted molar refractivity (Wildman–Crippen MR) is 131 cm³/mol. The molecule has 0 aliphatic heterocycles. The largest absolute Gasteiger partial charge is 0.439 e. The summed E-state index contributed by atoms with van der Waals surface area (Å²) in [5.74, 6) is 0.714. The van der Waals surface area contributed by atoms with Gasteiger partial charge in [-0.3, -0.25) is 4.79 Å². The highest BCUT2D eigenvalue weighted by molar-refractivity contribution is 5.94. The maximum atomic E-state index is 13.4. The molecular formula is C28H28FN3O2. The summed E-state index contributed by atoms with van der Waals surface area (Å²) in [4.78, 5) is 15.2. The molecule has 1 heterocycles. The summed E-state index contributed by atoms with van der Waals surface area (Å²) >= 11 is 0. The summed E-state index contributed by atoms with van der Waals surface area (Å²) in [6.07, 6.45) is 0. The lowest BCUT2D eigenvalue weighted by Gasteiger charge is -2.27. The SMILES string of the molecule is Cc1cccc(Oc2c(CN(C(=O)c3ccc(F)cc3)C(C)C)c(-c3ccccc3)nn2C)c1. The number of carbonyl (C=O) groups is 1. The third-order valence-corrected chi connectivity index (χ3v) is 5.64. The molecule has 4 aromatic rings. The summed E-state index contributed by atoms with van der Waals surface area (Å²) in [6.45, 7) is 6.21. The van der Waals surface area contributed by atoms with E-state index in [9.17, 15) is 9.18 Å². The van der Waals surface area contributed by atoms with Gasteiger partial charge in [0, 0.05) is 24.2 Å². The smallest absolute Gasteiger partial charge is 0.254 e. The molecule has 0 saturated carbocycles. The molecule has 5 nitrogen and oxygen atoms in total. The number of amides is 1. The fraction of sp³-hybridized carbons (Fsp3) is 0.214. The molecule has 0 fully saturated rings. The Morgan fingerprint density at radius 2 is 1.74 bits per heavy atom. The van der Waals surface area contributed by atoms with E-state index in [0.29, 0.717) is 17.2 Å². The topological polar surface area (TPSA) is 47.4 Å². The number of ether oxygens (including phenoxy) is 1. The van der Waals surface area contributed by atoms with Crippen LogP contribution in [0, 0.1) is 12.7 Å². The Balaban J connectivity index is 1.78. The molecule has 3 aromatic carbocycles. The summed E-state index contributed by atoms with van der Waals surface area (Å²) in [7, 11) is 1.84. The lowest BCUT2D eigenvalue weighted by molar-refractivity contribution is 0.0689. The molecule has 0 aliphatic rings. The first-order valence-electron chi connectivity index (χ1n) is 11.3. The highest BCUT2D eigenvalue weighted by atomic mass is 19.1. The van der Waals surface area contributed by atoms with Gasteiger partial charge in [0.05, 0.1) is 12.1 Å². The van der Waals surface area contributed by atoms with Crippen LogP contribution in [0.15, 0.2) is 78.9 Å². The Kier molecular flexibility index (Phi) is 6.77. The highest BCUT2D eigenvalue weighted by Gasteiger charge is 2.26. The van der Waals surface area contributed by atoms with Gasteiger partial charge in [0.1, 0.15) is 17.3 Å². The van der Waals surface area contributed by atoms with E-state index in [1.54, 1.807) is 9.58 Å². The molecule has 0 atom stereocenters. The standard InChI is InChI=1S/C28H28FN3O2/c1-19(2)32(27(33)22-13-15-23(29)16-14-22)18-25-26(21-10-6-5-7-11-21)30-31(4)28(25)34-24-12-8-9-20(3)17-24/h5-17,19H,18H2,1-4H3. The van der Waals surface area contributed by atoms with Crippen LogP contribution in [-0.4, -0.2) is 26.6 Å². The lowest BCUT2D eigenvalue weighted by atomic mass is 10.1. The molecular weight excluding hydrogens is 429 g/mol. The normalized spacial score (nSPS) is 11.0. The van der Waals surface area contributed by atoms with Crippen LogP contribution in [0.5, 0.6) is 11.6 Å². The Bertz CT molecular complexity index is 1280. The summed E-state index contributed by atoms with van der Waals surface area (Å²) < 4.78 is 21.5. The first-order chi connectivity index (χ1) is 16.3. The molecule has 1 aromatic heterocycles. The zero-order valence-electron chi connectivity index (χ0n) is 19.8. The van der Waals surface area contributed by atoms with Gasteiger partial charge in [-0.2, -0.15) is 5.10 Å². The van der Waals surface area contributed by atoms with Crippen molar-refractivity contribution in [2.24, 2.45) is 7.05 Å². The van der Waals surface area contributed by atoms with Crippen molar-refractivity contribution in [3.8, 4) is 22.9 Å². The van der Waals surface area contributed by atoms with Crippen molar-refractivity contribution in [3.63, 3.8) is 0 Å². The molecule has 0 saturated heterocycles. The van der Waals surface area contributed by atoms with Gasteiger partial charge in [0.25, 0.3) is 5.91 Å². The number of halogens is 1. The van der Waals surface area contributed by atoms with E-state index < -0.39 is 0 Å². The molecule has 0 aliphatic carbocycles. The van der Waals surface area contributed by atoms with Crippen molar-refractivity contribution in [3.05, 3.63) is 101 Å². The van der Waals surface area contributed by atoms with E-state index >= 15 is 0 Å². The number of hydrogen-bond acceptors (Lipinski definition) is 3. The van der Waals surface area contributed by atoms with Crippen LogP contribution >= 0.6 is 0 Å². The van der Waals surface area contributed by atoms with Gasteiger partial charge in [-0.15, -0.1) is 0 Å². The van der Waals surface area contributed by atoms with Crippen molar-refractivity contribution >= 4 is 5.91 Å². The molecule has 6 heteroatoms. The second-order valence-electron chi connectivity index (χ2n) is 8.57. The van der Waals surface area contributed by atoms with Crippen LogP contribution < -0.4 is 4.74 Å². The number of hydrogen-bond donors (Lipinski definition) is 0. The number of nitrogens with zero attached hydrogens (tertiary/aromatic N) is 3. The molecule has 0 N–H and O–H groups in total. The van der Waals surface area contributed by atoms with Gasteiger partial charge < -0.3 is 9.64 Å². The van der Waals surface area contributed by atoms with Gasteiger partial charge in [-0.05, 0) is 62.7 Å². The zero-order chi connectivity index (χ0) is 24.2. The number of aryl methyl sites for hydroxylation is 2. The van der Waals surface area contributed by atoms with Crippen LogP contribution in [0.25, 0.3) is 11.3 Å². The fourth-order valence-corrected chi connectivity index (χ4v) is 3.86. The van der Waals surface area contributed by atoms with E-state index in [-0.39, 0.29) is 24.3 Å². The molecule has 4 rings (SSSR count). The number of rotatable bonds is 7. The number of aromatic nitrogens is 2. The third kappa shape index (κ3) is 5.01. The maximum Gasteiger partial charge on any atom is 0.254 e. The van der Waals surface area contributed by atoms with Gasteiger partial charge in [0.2, 0.25) is 5.88 Å². The number of carbonyl (C=O) groups excluding carboxylic acids is 1. The van der Waals surface area contributed by atoms with Gasteiger partial charge >= 0.3 is 0 Å². The van der Waals surface area contributed by atoms with Crippen LogP contribution in [0.2, 0.25) is 0 Å². The van der Waals surface area contributed by atoms with Gasteiger partial charge in [-0.1, -0.05) is 42.5 Å². The second kappa shape index (κ2) is 9.91. The van der Waals surface area contributed by atoms with Crippen molar-refractivity contribution in [1.82, 2.24) is 14.7 Å². The average Bonchev–Trinajstić information content (AvgIpc) is 3.13. The van der Waals surface area contributed by atoms with Crippen molar-refractivity contribution in [2.45, 2.75) is 33.4 Å². The van der Waals surface area contributed by atoms with E-state index in [0.717, 1.165) is 22.4 Å². The van der Waals surface area contributed by atoms with Crippen molar-refractivity contribution < 1.29 is 13.9 Å². The van der Waals surface area contributed by atoms with Crippen molar-refractivity contribution in [2.75, 3.05) is 0 Å². The first kappa shape index (κ1) is 23.2. The van der Waals surface area contributed by atoms with Crippen molar-refractivity contribution in [1.29, 1.82) is 0 Å². The quantitative estimate of drug-likeness (QED) is 0.324. The van der Waals surface area contributed by atoms with E-state index in [4.69, 9.17) is 9.84 Å². The van der Waals surface area contributed by atoms with Crippen LogP contribution in [0.1, 0.15) is 35.3 Å². The molecule has 0 unspecified atom stereocenters. The maximum absolute atomic E-state index is 13.4. The summed E-state index contributed by atoms with van der Waals surface area (Å²) in [6, 6.07) is 23.2. The minimum absolute atomic E-state index is 0.104. The third-order valence-electron chi connectivity index (χ3n) is 5.64.